The number of carbonyl (C=O) groups is 1. The first-order chi connectivity index (χ1) is 14.4. The number of benzene rings is 2. The number of nitrogens with one attached hydrogen (secondary N) is 2. The van der Waals surface area contributed by atoms with Crippen molar-refractivity contribution in [2.24, 2.45) is 0 Å². The predicted molar refractivity (Wildman–Crippen MR) is 109 cm³/mol. The van der Waals surface area contributed by atoms with Crippen molar-refractivity contribution in [3.8, 4) is 5.69 Å². The maximum atomic E-state index is 14.0. The van der Waals surface area contributed by atoms with E-state index in [9.17, 15) is 18.4 Å². The molecule has 1 unspecified atom stereocenters. The van der Waals surface area contributed by atoms with Gasteiger partial charge in [0.25, 0.3) is 5.91 Å². The number of fused-ring (bicyclic) bond motifs is 1. The van der Waals surface area contributed by atoms with Crippen LogP contribution in [0.4, 0.5) is 14.5 Å². The summed E-state index contributed by atoms with van der Waals surface area (Å²) in [6.07, 6.45) is 0.852. The summed E-state index contributed by atoms with van der Waals surface area (Å²) in [4.78, 5) is 25.2. The van der Waals surface area contributed by atoms with E-state index in [0.717, 1.165) is 11.8 Å². The lowest BCUT2D eigenvalue weighted by molar-refractivity contribution is 0.0929. The lowest BCUT2D eigenvalue weighted by atomic mass is 10.1. The molecule has 0 saturated carbocycles. The molecule has 1 aromatic heterocycles. The molecule has 0 aliphatic carbocycles. The number of aryl methyl sites for hydroxylation is 2. The van der Waals surface area contributed by atoms with Gasteiger partial charge in [-0.1, -0.05) is 18.2 Å². The average Bonchev–Trinajstić information content (AvgIpc) is 2.91. The van der Waals surface area contributed by atoms with Gasteiger partial charge < -0.3 is 10.6 Å². The van der Waals surface area contributed by atoms with Crippen molar-refractivity contribution in [1.82, 2.24) is 15.1 Å². The van der Waals surface area contributed by atoms with Crippen molar-refractivity contribution < 1.29 is 13.6 Å². The van der Waals surface area contributed by atoms with E-state index in [4.69, 9.17) is 0 Å². The van der Waals surface area contributed by atoms with E-state index >= 15 is 0 Å². The molecule has 0 spiro atoms. The highest BCUT2D eigenvalue weighted by atomic mass is 19.1. The van der Waals surface area contributed by atoms with Gasteiger partial charge in [0.05, 0.1) is 11.4 Å². The second kappa shape index (κ2) is 8.06. The Balaban J connectivity index is 1.55. The second-order valence-electron chi connectivity index (χ2n) is 7.26. The quantitative estimate of drug-likeness (QED) is 0.696. The van der Waals surface area contributed by atoms with Crippen molar-refractivity contribution in [1.29, 1.82) is 0 Å². The van der Waals surface area contributed by atoms with Gasteiger partial charge in [0.2, 0.25) is 5.43 Å². The highest BCUT2D eigenvalue weighted by Gasteiger charge is 2.23. The van der Waals surface area contributed by atoms with Gasteiger partial charge in [0, 0.05) is 30.4 Å². The van der Waals surface area contributed by atoms with Crippen molar-refractivity contribution in [2.75, 3.05) is 11.9 Å². The molecule has 2 aromatic carbocycles. The number of aromatic nitrogens is 2. The van der Waals surface area contributed by atoms with Crippen molar-refractivity contribution >= 4 is 11.6 Å². The van der Waals surface area contributed by atoms with Crippen LogP contribution in [0.2, 0.25) is 0 Å². The minimum Gasteiger partial charge on any atom is -0.380 e. The highest BCUT2D eigenvalue weighted by molar-refractivity contribution is 5.92. The summed E-state index contributed by atoms with van der Waals surface area (Å²) >= 11 is 0. The summed E-state index contributed by atoms with van der Waals surface area (Å²) in [6.45, 7) is 1.99. The SMILES string of the molecule is Cc1cc(=O)c(C(=O)NC2CCc3cc(F)cc(F)c3NC2)nn1-c1ccccc1. The van der Waals surface area contributed by atoms with Gasteiger partial charge in [-0.2, -0.15) is 5.10 Å². The number of amides is 1. The molecule has 1 aliphatic rings. The zero-order valence-corrected chi connectivity index (χ0v) is 16.3. The minimum absolute atomic E-state index is 0.219. The Morgan fingerprint density at radius 1 is 1.20 bits per heavy atom. The summed E-state index contributed by atoms with van der Waals surface area (Å²) in [7, 11) is 0. The minimum atomic E-state index is -0.664. The van der Waals surface area contributed by atoms with Gasteiger partial charge in [-0.3, -0.25) is 9.59 Å². The molecule has 0 bridgehead atoms. The molecule has 30 heavy (non-hydrogen) atoms. The van der Waals surface area contributed by atoms with Gasteiger partial charge in [-0.15, -0.1) is 0 Å². The molecule has 0 saturated heterocycles. The number of rotatable bonds is 3. The van der Waals surface area contributed by atoms with E-state index in [2.05, 4.69) is 15.7 Å². The monoisotopic (exact) mass is 410 g/mol. The van der Waals surface area contributed by atoms with Gasteiger partial charge in [-0.05, 0) is 43.5 Å². The van der Waals surface area contributed by atoms with Gasteiger partial charge >= 0.3 is 0 Å². The van der Waals surface area contributed by atoms with Crippen LogP contribution in [0.5, 0.6) is 0 Å². The summed E-state index contributed by atoms with van der Waals surface area (Å²) in [6, 6.07) is 12.3. The van der Waals surface area contributed by atoms with Crippen LogP contribution in [0.1, 0.15) is 28.2 Å². The fraction of sp³-hybridized carbons (Fsp3) is 0.227. The number of para-hydroxylation sites is 1. The zero-order chi connectivity index (χ0) is 21.3. The summed E-state index contributed by atoms with van der Waals surface area (Å²) in [5.41, 5.74) is 1.40. The van der Waals surface area contributed by atoms with Crippen LogP contribution in [0.15, 0.2) is 53.3 Å². The Morgan fingerprint density at radius 2 is 1.97 bits per heavy atom. The maximum Gasteiger partial charge on any atom is 0.276 e. The fourth-order valence-corrected chi connectivity index (χ4v) is 3.59. The molecule has 8 heteroatoms. The first kappa shape index (κ1) is 19.8. The van der Waals surface area contributed by atoms with Crippen molar-refractivity contribution in [3.05, 3.63) is 87.3 Å². The van der Waals surface area contributed by atoms with Crippen LogP contribution in [0.25, 0.3) is 5.69 Å². The molecule has 154 valence electrons. The third-order valence-electron chi connectivity index (χ3n) is 5.08. The Labute approximate surface area is 171 Å². The molecule has 1 amide bonds. The van der Waals surface area contributed by atoms with E-state index in [1.54, 1.807) is 6.92 Å². The summed E-state index contributed by atoms with van der Waals surface area (Å²) in [5, 5.41) is 9.98. The summed E-state index contributed by atoms with van der Waals surface area (Å²) < 4.78 is 29.0. The summed E-state index contributed by atoms with van der Waals surface area (Å²) in [5.74, 6) is -1.90. The lowest BCUT2D eigenvalue weighted by Gasteiger charge is -2.17. The molecule has 1 atom stereocenters. The third kappa shape index (κ3) is 3.94. The smallest absolute Gasteiger partial charge is 0.276 e. The Hall–Kier alpha value is -3.55. The van der Waals surface area contributed by atoms with Crippen LogP contribution in [-0.4, -0.2) is 28.3 Å². The molecular formula is C22H20F2N4O2. The molecule has 1 aliphatic heterocycles. The van der Waals surface area contributed by atoms with E-state index < -0.39 is 23.0 Å². The molecule has 3 aromatic rings. The number of hydrogen-bond acceptors (Lipinski definition) is 4. The molecule has 0 radical (unpaired) electrons. The van der Waals surface area contributed by atoms with Crippen LogP contribution in [-0.2, 0) is 6.42 Å². The van der Waals surface area contributed by atoms with Crippen LogP contribution < -0.4 is 16.1 Å². The molecule has 4 rings (SSSR count). The predicted octanol–water partition coefficient (Wildman–Crippen LogP) is 2.98. The number of nitrogens with zero attached hydrogens (tertiary/aromatic N) is 2. The topological polar surface area (TPSA) is 76.0 Å². The fourth-order valence-electron chi connectivity index (χ4n) is 3.59. The molecule has 2 heterocycles. The Kier molecular flexibility index (Phi) is 5.31. The Morgan fingerprint density at radius 3 is 2.73 bits per heavy atom. The van der Waals surface area contributed by atoms with Crippen molar-refractivity contribution in [2.45, 2.75) is 25.8 Å². The maximum absolute atomic E-state index is 14.0. The highest BCUT2D eigenvalue weighted by Crippen LogP contribution is 2.26. The average molecular weight is 410 g/mol. The molecule has 6 nitrogen and oxygen atoms in total. The number of carbonyl (C=O) groups excluding carboxylic acids is 1. The third-order valence-corrected chi connectivity index (χ3v) is 5.08. The standard InChI is InChI=1S/C22H20F2N4O2/c1-13-9-19(29)21(27-28(13)17-5-3-2-4-6-17)22(30)26-16-8-7-14-10-15(23)11-18(24)20(14)25-12-16/h2-6,9-11,16,25H,7-8,12H2,1H3,(H,26,30). The molecule has 2 N–H and O–H groups in total. The van der Waals surface area contributed by atoms with E-state index in [1.165, 1.54) is 16.8 Å². The number of halogens is 2. The van der Waals surface area contributed by atoms with Crippen LogP contribution >= 0.6 is 0 Å². The van der Waals surface area contributed by atoms with Gasteiger partial charge in [0.1, 0.15) is 11.6 Å². The van der Waals surface area contributed by atoms with E-state index in [-0.39, 0.29) is 24.0 Å². The van der Waals surface area contributed by atoms with Gasteiger partial charge in [0.15, 0.2) is 5.69 Å². The second-order valence-corrected chi connectivity index (χ2v) is 7.26. The first-order valence-electron chi connectivity index (χ1n) is 9.61. The first-order valence-corrected chi connectivity index (χ1v) is 9.61. The van der Waals surface area contributed by atoms with Crippen molar-refractivity contribution in [3.63, 3.8) is 0 Å². The van der Waals surface area contributed by atoms with E-state index in [0.29, 0.717) is 24.1 Å². The van der Waals surface area contributed by atoms with Gasteiger partial charge in [-0.25, -0.2) is 13.5 Å². The largest absolute Gasteiger partial charge is 0.380 e. The Bertz CT molecular complexity index is 1160. The number of anilines is 1. The number of hydrogen-bond donors (Lipinski definition) is 2. The van der Waals surface area contributed by atoms with Crippen LogP contribution in [0.3, 0.4) is 0 Å². The van der Waals surface area contributed by atoms with E-state index in [1.807, 2.05) is 30.3 Å². The van der Waals surface area contributed by atoms with Crippen LogP contribution in [0, 0.1) is 18.6 Å². The lowest BCUT2D eigenvalue weighted by Crippen LogP contribution is -2.42. The molecular weight excluding hydrogens is 390 g/mol. The normalized spacial score (nSPS) is 15.6. The molecule has 0 fully saturated rings. The zero-order valence-electron chi connectivity index (χ0n) is 16.3.